The Morgan fingerprint density at radius 3 is 2.50 bits per heavy atom. The van der Waals surface area contributed by atoms with E-state index in [1.165, 1.54) is 19.1 Å². The lowest BCUT2D eigenvalue weighted by molar-refractivity contribution is -0.857. The van der Waals surface area contributed by atoms with E-state index in [0.717, 1.165) is 4.90 Å². The maximum atomic E-state index is 13.3. The number of nitrogens with zero attached hydrogens (tertiary/aromatic N) is 1. The van der Waals surface area contributed by atoms with E-state index in [2.05, 4.69) is 0 Å². The summed E-state index contributed by atoms with van der Waals surface area (Å²) in [4.78, 5) is 29.0. The molecule has 1 atom stereocenters. The minimum Gasteiger partial charge on any atom is -0.507 e. The fraction of sp³-hybridized carbons (Fsp3) is 0.360. The van der Waals surface area contributed by atoms with Gasteiger partial charge < -0.3 is 33.9 Å². The van der Waals surface area contributed by atoms with Crippen LogP contribution in [0.4, 0.5) is 0 Å². The summed E-state index contributed by atoms with van der Waals surface area (Å²) in [6.45, 7) is 1.75. The number of quaternary nitrogens is 1. The van der Waals surface area contributed by atoms with Crippen LogP contribution in [0.3, 0.4) is 0 Å². The van der Waals surface area contributed by atoms with Gasteiger partial charge in [0.05, 0.1) is 53.0 Å². The van der Waals surface area contributed by atoms with Gasteiger partial charge in [0.2, 0.25) is 0 Å². The summed E-state index contributed by atoms with van der Waals surface area (Å²) < 4.78 is 22.2. The Labute approximate surface area is 198 Å². The monoisotopic (exact) mass is 469 g/mol. The van der Waals surface area contributed by atoms with Gasteiger partial charge in [0.15, 0.2) is 23.0 Å². The van der Waals surface area contributed by atoms with Gasteiger partial charge in [0.1, 0.15) is 19.0 Å². The molecule has 1 fully saturated rings. The molecule has 2 aliphatic rings. The second-order valence-corrected chi connectivity index (χ2v) is 8.39. The SMILES string of the molecule is COc1cccc([C@H]2C(=C(O)c3ccc4c(c3)OCCO4)C(=O)C(=O)N2CC[NH+](C)C)c1OC. The average molecular weight is 470 g/mol. The van der Waals surface area contributed by atoms with Crippen molar-refractivity contribution in [1.29, 1.82) is 0 Å². The fourth-order valence-corrected chi connectivity index (χ4v) is 4.25. The molecule has 0 saturated carbocycles. The van der Waals surface area contributed by atoms with Gasteiger partial charge >= 0.3 is 0 Å². The summed E-state index contributed by atoms with van der Waals surface area (Å²) in [5, 5.41) is 11.3. The van der Waals surface area contributed by atoms with Gasteiger partial charge in [-0.25, -0.2) is 0 Å². The summed E-state index contributed by atoms with van der Waals surface area (Å²) in [5.74, 6) is 0.172. The van der Waals surface area contributed by atoms with Gasteiger partial charge in [0, 0.05) is 11.1 Å². The third-order valence-corrected chi connectivity index (χ3v) is 5.94. The number of hydrogen-bond donors (Lipinski definition) is 2. The van der Waals surface area contributed by atoms with Crippen LogP contribution in [-0.4, -0.2) is 76.3 Å². The number of carbonyl (C=O) groups is 2. The van der Waals surface area contributed by atoms with Crippen LogP contribution in [-0.2, 0) is 9.59 Å². The molecule has 2 heterocycles. The largest absolute Gasteiger partial charge is 0.507 e. The molecule has 0 spiro atoms. The van der Waals surface area contributed by atoms with Gasteiger partial charge in [-0.3, -0.25) is 9.59 Å². The maximum absolute atomic E-state index is 13.3. The summed E-state index contributed by atoms with van der Waals surface area (Å²) in [6.07, 6.45) is 0. The second kappa shape index (κ2) is 9.64. The lowest BCUT2D eigenvalue weighted by atomic mass is 9.94. The minimum absolute atomic E-state index is 0.0120. The summed E-state index contributed by atoms with van der Waals surface area (Å²) >= 11 is 0. The van der Waals surface area contributed by atoms with Gasteiger partial charge in [-0.15, -0.1) is 0 Å². The molecule has 4 rings (SSSR count). The van der Waals surface area contributed by atoms with Crippen molar-refractivity contribution in [1.82, 2.24) is 4.90 Å². The predicted molar refractivity (Wildman–Crippen MR) is 124 cm³/mol. The Morgan fingerprint density at radius 2 is 1.82 bits per heavy atom. The Hall–Kier alpha value is -3.72. The minimum atomic E-state index is -0.849. The molecule has 1 amide bonds. The summed E-state index contributed by atoms with van der Waals surface area (Å²) in [6, 6.07) is 9.34. The first-order valence-electron chi connectivity index (χ1n) is 11.1. The highest BCUT2D eigenvalue weighted by Crippen LogP contribution is 2.45. The number of hydrogen-bond acceptors (Lipinski definition) is 7. The van der Waals surface area contributed by atoms with Crippen LogP contribution in [0.25, 0.3) is 5.76 Å². The lowest BCUT2D eigenvalue weighted by Crippen LogP contribution is -3.06. The second-order valence-electron chi connectivity index (χ2n) is 8.39. The average Bonchev–Trinajstić information content (AvgIpc) is 3.10. The Balaban J connectivity index is 1.89. The molecule has 0 aliphatic carbocycles. The van der Waals surface area contributed by atoms with Crippen LogP contribution in [0, 0.1) is 0 Å². The van der Waals surface area contributed by atoms with Crippen molar-refractivity contribution < 1.29 is 38.5 Å². The van der Waals surface area contributed by atoms with Crippen molar-refractivity contribution >= 4 is 17.4 Å². The molecule has 9 nitrogen and oxygen atoms in total. The van der Waals surface area contributed by atoms with E-state index in [9.17, 15) is 14.7 Å². The maximum Gasteiger partial charge on any atom is 0.295 e. The number of carbonyl (C=O) groups excluding carboxylic acids is 2. The number of ketones is 1. The number of aliphatic hydroxyl groups excluding tert-OH is 1. The molecule has 0 radical (unpaired) electrons. The quantitative estimate of drug-likeness (QED) is 0.355. The zero-order chi connectivity index (χ0) is 24.4. The van der Waals surface area contributed by atoms with Crippen LogP contribution in [0.1, 0.15) is 17.2 Å². The zero-order valence-electron chi connectivity index (χ0n) is 19.7. The molecule has 34 heavy (non-hydrogen) atoms. The van der Waals surface area contributed by atoms with Crippen molar-refractivity contribution in [2.75, 3.05) is 54.6 Å². The van der Waals surface area contributed by atoms with Crippen LogP contribution in [0.15, 0.2) is 42.0 Å². The number of benzene rings is 2. The number of aliphatic hydroxyl groups is 1. The molecule has 0 aromatic heterocycles. The predicted octanol–water partition coefficient (Wildman–Crippen LogP) is 1.04. The van der Waals surface area contributed by atoms with E-state index in [0.29, 0.717) is 60.4 Å². The highest BCUT2D eigenvalue weighted by Gasteiger charge is 2.47. The number of amides is 1. The van der Waals surface area contributed by atoms with E-state index in [-0.39, 0.29) is 11.3 Å². The first-order chi connectivity index (χ1) is 16.4. The molecule has 2 aromatic rings. The molecular formula is C25H29N2O7+. The van der Waals surface area contributed by atoms with E-state index in [1.807, 2.05) is 14.1 Å². The zero-order valence-corrected chi connectivity index (χ0v) is 19.7. The molecule has 2 aliphatic heterocycles. The molecular weight excluding hydrogens is 440 g/mol. The topological polar surface area (TPSA) is 99.0 Å². The molecule has 0 unspecified atom stereocenters. The number of likely N-dealkylation sites (N-methyl/N-ethyl adjacent to an activating group) is 1. The number of Topliss-reactive ketones (excluding diaryl/α,β-unsaturated/α-hetero) is 1. The van der Waals surface area contributed by atoms with Crippen molar-refractivity contribution in [2.24, 2.45) is 0 Å². The number of likely N-dealkylation sites (tertiary alicyclic amines) is 1. The summed E-state index contributed by atoms with van der Waals surface area (Å²) in [5.41, 5.74) is 0.892. The lowest BCUT2D eigenvalue weighted by Gasteiger charge is -2.27. The number of para-hydroxylation sites is 1. The standard InChI is InChI=1S/C25H28N2O7/c1-26(2)10-11-27-21(16-6-5-7-18(31-3)24(16)32-4)20(23(29)25(27)30)22(28)15-8-9-17-19(14-15)34-13-12-33-17/h5-9,14,21,28H,10-13H2,1-4H3/p+1/t21-/m0/s1. The smallest absolute Gasteiger partial charge is 0.295 e. The van der Waals surface area contributed by atoms with E-state index >= 15 is 0 Å². The number of ether oxygens (including phenoxy) is 4. The number of methoxy groups -OCH3 is 2. The first-order valence-corrected chi connectivity index (χ1v) is 11.1. The highest BCUT2D eigenvalue weighted by atomic mass is 16.6. The first kappa shape index (κ1) is 23.4. The molecule has 9 heteroatoms. The van der Waals surface area contributed by atoms with Crippen molar-refractivity contribution in [2.45, 2.75) is 6.04 Å². The number of nitrogens with one attached hydrogen (secondary N) is 1. The Bertz CT molecular complexity index is 1140. The van der Waals surface area contributed by atoms with E-state index < -0.39 is 17.7 Å². The molecule has 2 N–H and O–H groups in total. The van der Waals surface area contributed by atoms with Gasteiger partial charge in [-0.05, 0) is 24.3 Å². The van der Waals surface area contributed by atoms with Gasteiger partial charge in [-0.1, -0.05) is 12.1 Å². The van der Waals surface area contributed by atoms with Gasteiger partial charge in [-0.2, -0.15) is 0 Å². The van der Waals surface area contributed by atoms with Crippen molar-refractivity contribution in [3.8, 4) is 23.0 Å². The van der Waals surface area contributed by atoms with Crippen LogP contribution in [0.2, 0.25) is 0 Å². The van der Waals surface area contributed by atoms with Crippen molar-refractivity contribution in [3.63, 3.8) is 0 Å². The van der Waals surface area contributed by atoms with Crippen LogP contribution >= 0.6 is 0 Å². The third-order valence-electron chi connectivity index (χ3n) is 5.94. The fourth-order valence-electron chi connectivity index (χ4n) is 4.25. The number of fused-ring (bicyclic) bond motifs is 1. The molecule has 180 valence electrons. The van der Waals surface area contributed by atoms with Crippen LogP contribution < -0.4 is 23.8 Å². The van der Waals surface area contributed by atoms with Gasteiger partial charge in [0.25, 0.3) is 11.7 Å². The molecule has 1 saturated heterocycles. The Morgan fingerprint density at radius 1 is 1.09 bits per heavy atom. The summed E-state index contributed by atoms with van der Waals surface area (Å²) in [7, 11) is 6.95. The highest BCUT2D eigenvalue weighted by molar-refractivity contribution is 6.46. The third kappa shape index (κ3) is 4.14. The van der Waals surface area contributed by atoms with E-state index in [4.69, 9.17) is 18.9 Å². The normalized spacial score (nSPS) is 19.0. The van der Waals surface area contributed by atoms with Crippen LogP contribution in [0.5, 0.6) is 23.0 Å². The van der Waals surface area contributed by atoms with E-state index in [1.54, 1.807) is 36.4 Å². The van der Waals surface area contributed by atoms with Crippen molar-refractivity contribution in [3.05, 3.63) is 53.1 Å². The molecule has 0 bridgehead atoms. The number of rotatable bonds is 7. The molecule has 2 aromatic carbocycles. The Kier molecular flexibility index (Phi) is 6.65.